The summed E-state index contributed by atoms with van der Waals surface area (Å²) in [5.41, 5.74) is 11.2. The zero-order valence-electron chi connectivity index (χ0n) is 9.78. The Morgan fingerprint density at radius 2 is 1.90 bits per heavy atom. The number of hydrogen-bond donors (Lipinski definition) is 4. The number of hydrogen-bond acceptors (Lipinski definition) is 8. The quantitative estimate of drug-likeness (QED) is 0.472. The Kier molecular flexibility index (Phi) is 3.61. The van der Waals surface area contributed by atoms with Crippen LogP contribution in [0.25, 0.3) is 0 Å². The molecule has 1 heterocycles. The van der Waals surface area contributed by atoms with Crippen LogP contribution in [0.5, 0.6) is 0 Å². The number of nitrogen functional groups attached to an aromatic ring is 2. The van der Waals surface area contributed by atoms with E-state index in [0.29, 0.717) is 5.69 Å². The number of aromatic nitrogens is 3. The van der Waals surface area contributed by atoms with E-state index in [1.165, 1.54) is 12.1 Å². The van der Waals surface area contributed by atoms with Gasteiger partial charge in [0.25, 0.3) is 10.1 Å². The van der Waals surface area contributed by atoms with E-state index >= 15 is 0 Å². The molecule has 0 amide bonds. The van der Waals surface area contributed by atoms with E-state index in [0.717, 1.165) is 6.07 Å². The maximum Gasteiger partial charge on any atom is 0.296 e. The first kappa shape index (κ1) is 14.2. The summed E-state index contributed by atoms with van der Waals surface area (Å²) < 4.78 is 30.9. The van der Waals surface area contributed by atoms with Crippen molar-refractivity contribution in [1.82, 2.24) is 15.0 Å². The first-order valence-corrected chi connectivity index (χ1v) is 6.88. The molecule has 0 unspecified atom stereocenters. The molecule has 11 heteroatoms. The van der Waals surface area contributed by atoms with Gasteiger partial charge in [-0.3, -0.25) is 4.55 Å². The normalized spacial score (nSPS) is 11.3. The maximum atomic E-state index is 11.0. The summed E-state index contributed by atoms with van der Waals surface area (Å²) in [6.45, 7) is 0. The monoisotopic (exact) mass is 316 g/mol. The lowest BCUT2D eigenvalue weighted by atomic mass is 10.3. The molecule has 0 fully saturated rings. The molecule has 0 atom stereocenters. The smallest absolute Gasteiger partial charge is 0.296 e. The Bertz CT molecular complexity index is 746. The van der Waals surface area contributed by atoms with Gasteiger partial charge in [0.1, 0.15) is 4.90 Å². The highest BCUT2D eigenvalue weighted by Gasteiger charge is 2.14. The van der Waals surface area contributed by atoms with E-state index in [2.05, 4.69) is 20.3 Å². The molecule has 0 bridgehead atoms. The van der Waals surface area contributed by atoms with Gasteiger partial charge < -0.3 is 16.8 Å². The molecule has 0 aliphatic carbocycles. The summed E-state index contributed by atoms with van der Waals surface area (Å²) in [6, 6.07) is 3.80. The fraction of sp³-hybridized carbons (Fsp3) is 0. The molecule has 2 aromatic rings. The molecule has 0 radical (unpaired) electrons. The number of halogens is 1. The van der Waals surface area contributed by atoms with Gasteiger partial charge in [0.05, 0.1) is 5.69 Å². The van der Waals surface area contributed by atoms with E-state index in [-0.39, 0.29) is 22.9 Å². The Labute approximate surface area is 118 Å². The van der Waals surface area contributed by atoms with Crippen molar-refractivity contribution in [3.8, 4) is 0 Å². The van der Waals surface area contributed by atoms with Crippen LogP contribution in [0.15, 0.2) is 23.1 Å². The van der Waals surface area contributed by atoms with Crippen molar-refractivity contribution < 1.29 is 13.0 Å². The van der Waals surface area contributed by atoms with Gasteiger partial charge >= 0.3 is 0 Å². The molecule has 6 N–H and O–H groups in total. The summed E-state index contributed by atoms with van der Waals surface area (Å²) in [4.78, 5) is 10.7. The van der Waals surface area contributed by atoms with E-state index in [9.17, 15) is 8.42 Å². The van der Waals surface area contributed by atoms with Crippen molar-refractivity contribution >= 4 is 45.0 Å². The van der Waals surface area contributed by atoms with Gasteiger partial charge in [-0.15, -0.1) is 0 Å². The Balaban J connectivity index is 2.33. The molecule has 106 valence electrons. The van der Waals surface area contributed by atoms with E-state index < -0.39 is 15.0 Å². The minimum Gasteiger partial charge on any atom is -0.398 e. The first-order valence-electron chi connectivity index (χ1n) is 5.07. The topological polar surface area (TPSA) is 157 Å². The summed E-state index contributed by atoms with van der Waals surface area (Å²) in [5, 5.41) is 2.63. The predicted octanol–water partition coefficient (Wildman–Crippen LogP) is 0.680. The van der Waals surface area contributed by atoms with Gasteiger partial charge in [-0.05, 0) is 29.8 Å². The van der Waals surface area contributed by atoms with Crippen LogP contribution in [-0.4, -0.2) is 27.9 Å². The van der Waals surface area contributed by atoms with Crippen LogP contribution in [-0.2, 0) is 10.1 Å². The van der Waals surface area contributed by atoms with Crippen LogP contribution in [0.2, 0.25) is 5.28 Å². The molecule has 1 aromatic carbocycles. The van der Waals surface area contributed by atoms with Crippen molar-refractivity contribution in [3.05, 3.63) is 23.5 Å². The Morgan fingerprint density at radius 3 is 2.45 bits per heavy atom. The number of nitrogens with zero attached hydrogens (tertiary/aromatic N) is 3. The van der Waals surface area contributed by atoms with Crippen molar-refractivity contribution in [2.75, 3.05) is 16.8 Å². The van der Waals surface area contributed by atoms with Gasteiger partial charge in [-0.25, -0.2) is 0 Å². The largest absolute Gasteiger partial charge is 0.398 e. The molecule has 2 rings (SSSR count). The van der Waals surface area contributed by atoms with E-state index in [4.69, 9.17) is 27.6 Å². The number of nitrogens with two attached hydrogens (primary N) is 2. The minimum absolute atomic E-state index is 0.0708. The molecule has 0 spiro atoms. The summed E-state index contributed by atoms with van der Waals surface area (Å²) in [7, 11) is -4.37. The molecule has 9 nitrogen and oxygen atoms in total. The lowest BCUT2D eigenvalue weighted by Crippen LogP contribution is -2.05. The highest BCUT2D eigenvalue weighted by atomic mass is 35.5. The maximum absolute atomic E-state index is 11.0. The molecule has 0 aliphatic heterocycles. The summed E-state index contributed by atoms with van der Waals surface area (Å²) in [5.74, 6) is -0.00321. The van der Waals surface area contributed by atoms with Gasteiger partial charge in [0.15, 0.2) is 0 Å². The first-order chi connectivity index (χ1) is 9.25. The number of rotatable bonds is 3. The van der Waals surface area contributed by atoms with Crippen LogP contribution in [0.3, 0.4) is 0 Å². The average molecular weight is 317 g/mol. The zero-order valence-corrected chi connectivity index (χ0v) is 11.4. The van der Waals surface area contributed by atoms with Gasteiger partial charge in [-0.2, -0.15) is 23.4 Å². The fourth-order valence-corrected chi connectivity index (χ4v) is 2.17. The molecular weight excluding hydrogens is 308 g/mol. The third-order valence-electron chi connectivity index (χ3n) is 2.17. The number of anilines is 4. The molecule has 0 aliphatic rings. The average Bonchev–Trinajstić information content (AvgIpc) is 2.25. The second-order valence-electron chi connectivity index (χ2n) is 3.64. The van der Waals surface area contributed by atoms with Crippen molar-refractivity contribution in [2.45, 2.75) is 4.90 Å². The van der Waals surface area contributed by atoms with Crippen LogP contribution < -0.4 is 16.8 Å². The Morgan fingerprint density at radius 1 is 1.20 bits per heavy atom. The number of benzene rings is 1. The minimum atomic E-state index is -4.37. The van der Waals surface area contributed by atoms with Crippen LogP contribution in [0.1, 0.15) is 0 Å². The van der Waals surface area contributed by atoms with Crippen molar-refractivity contribution in [3.63, 3.8) is 0 Å². The van der Waals surface area contributed by atoms with Crippen molar-refractivity contribution in [2.24, 2.45) is 0 Å². The van der Waals surface area contributed by atoms with E-state index in [1.54, 1.807) is 0 Å². The van der Waals surface area contributed by atoms with Crippen LogP contribution >= 0.6 is 11.6 Å². The van der Waals surface area contributed by atoms with Gasteiger partial charge in [-0.1, -0.05) is 0 Å². The van der Waals surface area contributed by atoms with E-state index in [1.807, 2.05) is 0 Å². The molecule has 1 aromatic heterocycles. The van der Waals surface area contributed by atoms with Gasteiger partial charge in [0, 0.05) is 5.69 Å². The lowest BCUT2D eigenvalue weighted by molar-refractivity contribution is 0.483. The highest BCUT2D eigenvalue weighted by molar-refractivity contribution is 7.86. The van der Waals surface area contributed by atoms with Crippen LogP contribution in [0.4, 0.5) is 23.3 Å². The van der Waals surface area contributed by atoms with Crippen molar-refractivity contribution in [1.29, 1.82) is 0 Å². The lowest BCUT2D eigenvalue weighted by Gasteiger charge is -2.08. The second kappa shape index (κ2) is 5.07. The summed E-state index contributed by atoms with van der Waals surface area (Å²) in [6.07, 6.45) is 0. The zero-order chi connectivity index (χ0) is 14.9. The Hall–Kier alpha value is -2.17. The standard InChI is InChI=1S/C9H9ClN6O3S/c10-7-14-8(12)16-9(15-7)13-4-1-2-6(5(11)3-4)20(17,18)19/h1-3H,11H2,(H,17,18,19)(H3,12,13,14,15,16). The number of nitrogens with one attached hydrogen (secondary N) is 1. The van der Waals surface area contributed by atoms with Gasteiger partial charge in [0.2, 0.25) is 17.2 Å². The predicted molar refractivity (Wildman–Crippen MR) is 73.2 cm³/mol. The third kappa shape index (κ3) is 3.23. The molecular formula is C9H9ClN6O3S. The van der Waals surface area contributed by atoms with Crippen LogP contribution in [0, 0.1) is 0 Å². The molecule has 0 saturated carbocycles. The SMILES string of the molecule is Nc1nc(Cl)nc(Nc2ccc(S(=O)(=O)O)c(N)c2)n1. The summed E-state index contributed by atoms with van der Waals surface area (Å²) >= 11 is 5.61. The second-order valence-corrected chi connectivity index (χ2v) is 5.37. The highest BCUT2D eigenvalue weighted by Crippen LogP contribution is 2.24. The molecule has 0 saturated heterocycles. The third-order valence-corrected chi connectivity index (χ3v) is 3.27. The molecule has 20 heavy (non-hydrogen) atoms. The fourth-order valence-electron chi connectivity index (χ4n) is 1.41.